The number of hydrogen-bond acceptors (Lipinski definition) is 3. The molecule has 0 aliphatic heterocycles. The first-order valence-electron chi connectivity index (χ1n) is 4.29. The Kier molecular flexibility index (Phi) is 4.05. The molecule has 0 N–H and O–H groups in total. The minimum Gasteiger partial charge on any atom is -0.744 e. The van der Waals surface area contributed by atoms with Gasteiger partial charge in [0.15, 0.2) is 0 Å². The van der Waals surface area contributed by atoms with Crippen LogP contribution in [0.3, 0.4) is 0 Å². The third kappa shape index (κ3) is 3.37. The Labute approximate surface area is 86.5 Å². The van der Waals surface area contributed by atoms with Crippen LogP contribution >= 0.6 is 9.24 Å². The fourth-order valence-electron chi connectivity index (χ4n) is 1.13. The Hall–Kier alpha value is -0.440. The van der Waals surface area contributed by atoms with E-state index < -0.39 is 10.1 Å². The lowest BCUT2D eigenvalue weighted by atomic mass is 10.1. The molecule has 78 valence electrons. The molecule has 0 heterocycles. The molecule has 0 aromatic heterocycles. The van der Waals surface area contributed by atoms with Gasteiger partial charge in [-0.1, -0.05) is 12.1 Å². The highest BCUT2D eigenvalue weighted by molar-refractivity contribution is 7.85. The first-order valence-corrected chi connectivity index (χ1v) is 6.51. The van der Waals surface area contributed by atoms with E-state index in [2.05, 4.69) is 9.24 Å². The molecule has 0 saturated carbocycles. The molecule has 5 heteroatoms. The van der Waals surface area contributed by atoms with Crippen LogP contribution in [-0.4, -0.2) is 19.1 Å². The van der Waals surface area contributed by atoms with Crippen molar-refractivity contribution in [3.8, 4) is 0 Å². The fourth-order valence-corrected chi connectivity index (χ4v) is 1.80. The molecule has 1 aromatic rings. The van der Waals surface area contributed by atoms with Gasteiger partial charge >= 0.3 is 0 Å². The van der Waals surface area contributed by atoms with Crippen LogP contribution in [-0.2, 0) is 16.5 Å². The van der Waals surface area contributed by atoms with Gasteiger partial charge < -0.3 is 4.55 Å². The van der Waals surface area contributed by atoms with Crippen LogP contribution in [0.2, 0.25) is 0 Å². The summed E-state index contributed by atoms with van der Waals surface area (Å²) in [5.41, 5.74) is 1.06. The van der Waals surface area contributed by atoms with Crippen molar-refractivity contribution in [2.45, 2.75) is 17.7 Å². The third-order valence-electron chi connectivity index (χ3n) is 1.88. The van der Waals surface area contributed by atoms with Crippen molar-refractivity contribution in [3.63, 3.8) is 0 Å². The van der Waals surface area contributed by atoms with Crippen molar-refractivity contribution in [2.24, 2.45) is 0 Å². The lowest BCUT2D eigenvalue weighted by Gasteiger charge is -2.07. The highest BCUT2D eigenvalue weighted by atomic mass is 32.2. The number of hydrogen-bond donors (Lipinski definition) is 0. The summed E-state index contributed by atoms with van der Waals surface area (Å²) in [4.78, 5) is -0.160. The molecular formula is C9H12O3PS-. The van der Waals surface area contributed by atoms with Gasteiger partial charge in [0.1, 0.15) is 10.1 Å². The summed E-state index contributed by atoms with van der Waals surface area (Å²) >= 11 is 0. The van der Waals surface area contributed by atoms with E-state index in [1.54, 1.807) is 12.1 Å². The monoisotopic (exact) mass is 231 g/mol. The van der Waals surface area contributed by atoms with Crippen LogP contribution in [0, 0.1) is 0 Å². The number of benzene rings is 1. The molecule has 0 aliphatic rings. The molecular weight excluding hydrogens is 219 g/mol. The van der Waals surface area contributed by atoms with Crippen molar-refractivity contribution < 1.29 is 13.0 Å². The lowest BCUT2D eigenvalue weighted by Crippen LogP contribution is -1.98. The fraction of sp³-hybridized carbons (Fsp3) is 0.333. The lowest BCUT2D eigenvalue weighted by molar-refractivity contribution is 0.463. The van der Waals surface area contributed by atoms with Crippen LogP contribution in [0.1, 0.15) is 12.0 Å². The molecule has 0 saturated heterocycles. The standard InChI is InChI=1S/C9H13O3PS/c10-14(11,12)9-5-3-8(4-6-9)2-1-7-13/h3-6H,1-2,7,13H2,(H,10,11,12)/p-1. The molecule has 1 rings (SSSR count). The molecule has 1 aromatic carbocycles. The zero-order chi connectivity index (χ0) is 10.6. The van der Waals surface area contributed by atoms with Gasteiger partial charge in [0, 0.05) is 0 Å². The van der Waals surface area contributed by atoms with Crippen molar-refractivity contribution in [1.82, 2.24) is 0 Å². The molecule has 3 nitrogen and oxygen atoms in total. The summed E-state index contributed by atoms with van der Waals surface area (Å²) in [6.45, 7) is 0. The van der Waals surface area contributed by atoms with Crippen LogP contribution in [0.4, 0.5) is 0 Å². The minimum absolute atomic E-state index is 0.160. The summed E-state index contributed by atoms with van der Waals surface area (Å²) in [5, 5.41) is 0. The van der Waals surface area contributed by atoms with E-state index in [-0.39, 0.29) is 4.90 Å². The van der Waals surface area contributed by atoms with Gasteiger partial charge in [-0.15, -0.1) is 9.24 Å². The van der Waals surface area contributed by atoms with Crippen LogP contribution in [0.5, 0.6) is 0 Å². The van der Waals surface area contributed by atoms with Crippen molar-refractivity contribution in [3.05, 3.63) is 29.8 Å². The smallest absolute Gasteiger partial charge is 0.124 e. The van der Waals surface area contributed by atoms with E-state index in [9.17, 15) is 13.0 Å². The van der Waals surface area contributed by atoms with E-state index in [4.69, 9.17) is 0 Å². The molecule has 1 unspecified atom stereocenters. The Morgan fingerprint density at radius 1 is 1.21 bits per heavy atom. The molecule has 1 atom stereocenters. The van der Waals surface area contributed by atoms with E-state index in [0.717, 1.165) is 24.6 Å². The van der Waals surface area contributed by atoms with E-state index in [0.29, 0.717) is 0 Å². The zero-order valence-electron chi connectivity index (χ0n) is 7.64. The van der Waals surface area contributed by atoms with Gasteiger partial charge in [-0.05, 0) is 36.7 Å². The Morgan fingerprint density at radius 2 is 1.79 bits per heavy atom. The number of rotatable bonds is 4. The first kappa shape index (κ1) is 11.6. The molecule has 14 heavy (non-hydrogen) atoms. The number of aryl methyl sites for hydroxylation is 1. The summed E-state index contributed by atoms with van der Waals surface area (Å²) in [6.07, 6.45) is 2.96. The zero-order valence-corrected chi connectivity index (χ0v) is 9.61. The molecule has 0 spiro atoms. The van der Waals surface area contributed by atoms with Gasteiger partial charge in [-0.25, -0.2) is 8.42 Å². The van der Waals surface area contributed by atoms with Gasteiger partial charge in [-0.3, -0.25) is 0 Å². The quantitative estimate of drug-likeness (QED) is 0.581. The first-order chi connectivity index (χ1) is 6.54. The van der Waals surface area contributed by atoms with E-state index >= 15 is 0 Å². The van der Waals surface area contributed by atoms with Gasteiger partial charge in [0.25, 0.3) is 0 Å². The second-order valence-corrected chi connectivity index (χ2v) is 4.95. The Bertz CT molecular complexity index is 383. The second-order valence-electron chi connectivity index (χ2n) is 2.99. The average molecular weight is 231 g/mol. The van der Waals surface area contributed by atoms with Crippen LogP contribution in [0.25, 0.3) is 0 Å². The van der Waals surface area contributed by atoms with Crippen LogP contribution < -0.4 is 0 Å². The summed E-state index contributed by atoms with van der Waals surface area (Å²) in [6, 6.07) is 6.09. The largest absolute Gasteiger partial charge is 0.744 e. The van der Waals surface area contributed by atoms with Crippen LogP contribution in [0.15, 0.2) is 29.2 Å². The van der Waals surface area contributed by atoms with E-state index in [1.165, 1.54) is 12.1 Å². The second kappa shape index (κ2) is 4.87. The molecule has 0 amide bonds. The molecule has 0 bridgehead atoms. The Balaban J connectivity index is 2.79. The van der Waals surface area contributed by atoms with Gasteiger partial charge in [0.05, 0.1) is 4.90 Å². The van der Waals surface area contributed by atoms with Crippen molar-refractivity contribution in [2.75, 3.05) is 6.16 Å². The minimum atomic E-state index is -4.29. The summed E-state index contributed by atoms with van der Waals surface area (Å²) < 4.78 is 31.8. The van der Waals surface area contributed by atoms with Crippen molar-refractivity contribution >= 4 is 19.4 Å². The highest BCUT2D eigenvalue weighted by Gasteiger charge is 2.00. The Morgan fingerprint density at radius 3 is 2.21 bits per heavy atom. The van der Waals surface area contributed by atoms with E-state index in [1.807, 2.05) is 0 Å². The van der Waals surface area contributed by atoms with Gasteiger partial charge in [0.2, 0.25) is 0 Å². The molecule has 0 radical (unpaired) electrons. The normalized spacial score (nSPS) is 11.6. The average Bonchev–Trinajstić information content (AvgIpc) is 2.14. The van der Waals surface area contributed by atoms with Crippen molar-refractivity contribution in [1.29, 1.82) is 0 Å². The topological polar surface area (TPSA) is 57.2 Å². The predicted octanol–water partition coefficient (Wildman–Crippen LogP) is 1.40. The predicted molar refractivity (Wildman–Crippen MR) is 57.3 cm³/mol. The molecule has 0 fully saturated rings. The maximum Gasteiger partial charge on any atom is 0.124 e. The summed E-state index contributed by atoms with van der Waals surface area (Å²) in [5.74, 6) is 0. The van der Waals surface area contributed by atoms with Gasteiger partial charge in [-0.2, -0.15) is 0 Å². The summed E-state index contributed by atoms with van der Waals surface area (Å²) in [7, 11) is -1.66. The molecule has 0 aliphatic carbocycles. The highest BCUT2D eigenvalue weighted by Crippen LogP contribution is 2.11. The third-order valence-corrected chi connectivity index (χ3v) is 3.14. The SMILES string of the molecule is O=S(=O)([O-])c1ccc(CCCP)cc1. The maximum atomic E-state index is 10.6. The maximum absolute atomic E-state index is 10.6.